The molecule has 2 aliphatic rings. The summed E-state index contributed by atoms with van der Waals surface area (Å²) in [5.74, 6) is 0.833. The molecule has 2 fully saturated rings. The topological polar surface area (TPSA) is 41.1 Å². The third kappa shape index (κ3) is 3.43. The largest absolute Gasteiger partial charge is 0.355 e. The van der Waals surface area contributed by atoms with Crippen LogP contribution in [0.1, 0.15) is 31.2 Å². The Labute approximate surface area is 140 Å². The number of carbonyl (C=O) groups excluding carboxylic acids is 1. The van der Waals surface area contributed by atoms with Crippen molar-refractivity contribution in [1.29, 1.82) is 0 Å². The Morgan fingerprint density at radius 1 is 1.33 bits per heavy atom. The first-order valence-corrected chi connectivity index (χ1v) is 8.25. The highest BCUT2D eigenvalue weighted by Crippen LogP contribution is 2.42. The molecule has 0 atom stereocenters. The Morgan fingerprint density at radius 3 is 2.62 bits per heavy atom. The lowest BCUT2D eigenvalue weighted by Gasteiger charge is -2.32. The number of rotatable bonds is 4. The zero-order valence-electron chi connectivity index (χ0n) is 12.0. The number of hydrogen-bond donors (Lipinski definition) is 2. The van der Waals surface area contributed by atoms with Crippen molar-refractivity contribution in [2.45, 2.75) is 31.1 Å². The van der Waals surface area contributed by atoms with Crippen molar-refractivity contribution >= 4 is 34.2 Å². The van der Waals surface area contributed by atoms with Crippen LogP contribution in [0.25, 0.3) is 0 Å². The van der Waals surface area contributed by atoms with Gasteiger partial charge in [-0.15, -0.1) is 12.4 Å². The van der Waals surface area contributed by atoms with Crippen LogP contribution in [0.15, 0.2) is 28.7 Å². The van der Waals surface area contributed by atoms with Gasteiger partial charge in [-0.2, -0.15) is 0 Å². The summed E-state index contributed by atoms with van der Waals surface area (Å²) >= 11 is 3.53. The molecule has 3 nitrogen and oxygen atoms in total. The van der Waals surface area contributed by atoms with Crippen LogP contribution in [0.4, 0.5) is 0 Å². The highest BCUT2D eigenvalue weighted by atomic mass is 79.9. The quantitative estimate of drug-likeness (QED) is 0.852. The van der Waals surface area contributed by atoms with Crippen LogP contribution in [0.2, 0.25) is 0 Å². The molecule has 1 heterocycles. The predicted molar refractivity (Wildman–Crippen MR) is 90.9 cm³/mol. The minimum absolute atomic E-state index is 0. The fourth-order valence-electron chi connectivity index (χ4n) is 3.31. The minimum atomic E-state index is -0.305. The molecule has 0 bridgehead atoms. The summed E-state index contributed by atoms with van der Waals surface area (Å²) in [6, 6.07) is 8.25. The third-order valence-corrected chi connectivity index (χ3v) is 5.18. The van der Waals surface area contributed by atoms with Gasteiger partial charge >= 0.3 is 0 Å². The normalized spacial score (nSPS) is 20.4. The van der Waals surface area contributed by atoms with Crippen molar-refractivity contribution in [3.8, 4) is 0 Å². The monoisotopic (exact) mass is 372 g/mol. The molecule has 0 unspecified atom stereocenters. The third-order valence-electron chi connectivity index (χ3n) is 4.69. The molecule has 3 rings (SSSR count). The van der Waals surface area contributed by atoms with E-state index in [0.717, 1.165) is 55.4 Å². The van der Waals surface area contributed by atoms with E-state index in [9.17, 15) is 4.79 Å². The zero-order chi connectivity index (χ0) is 14.0. The van der Waals surface area contributed by atoms with Crippen LogP contribution >= 0.6 is 28.3 Å². The van der Waals surface area contributed by atoms with Gasteiger partial charge in [0.1, 0.15) is 0 Å². The minimum Gasteiger partial charge on any atom is -0.355 e. The lowest BCUT2D eigenvalue weighted by Crippen LogP contribution is -2.51. The van der Waals surface area contributed by atoms with Gasteiger partial charge in [0.25, 0.3) is 0 Å². The Balaban J connectivity index is 0.00000161. The molecule has 1 saturated carbocycles. The summed E-state index contributed by atoms with van der Waals surface area (Å²) in [6.07, 6.45) is 4.23. The number of amides is 1. The van der Waals surface area contributed by atoms with Crippen molar-refractivity contribution in [3.63, 3.8) is 0 Å². The first-order chi connectivity index (χ1) is 9.71. The Kier molecular flexibility index (Phi) is 5.69. The van der Waals surface area contributed by atoms with E-state index in [1.165, 1.54) is 0 Å². The Hall–Kier alpha value is -0.580. The number of benzene rings is 1. The molecule has 21 heavy (non-hydrogen) atoms. The second-order valence-electron chi connectivity index (χ2n) is 6.03. The molecule has 116 valence electrons. The fraction of sp³-hybridized carbons (Fsp3) is 0.562. The van der Waals surface area contributed by atoms with Crippen LogP contribution in [0.3, 0.4) is 0 Å². The summed E-state index contributed by atoms with van der Waals surface area (Å²) in [6.45, 7) is 2.87. The molecule has 1 aliphatic heterocycles. The second kappa shape index (κ2) is 7.12. The van der Waals surface area contributed by atoms with Crippen LogP contribution in [-0.2, 0) is 10.2 Å². The Morgan fingerprint density at radius 2 is 2.05 bits per heavy atom. The molecule has 0 spiro atoms. The predicted octanol–water partition coefficient (Wildman–Crippen LogP) is 3.02. The first-order valence-electron chi connectivity index (χ1n) is 7.46. The smallest absolute Gasteiger partial charge is 0.230 e. The standard InChI is InChI=1S/C16H21BrN2O.ClH/c17-14-5-3-4-13(8-14)16(6-1-2-7-16)15(20)19-11-12-9-18-10-12;/h3-5,8,12,18H,1-2,6-7,9-11H2,(H,19,20);1H. The van der Waals surface area contributed by atoms with Gasteiger partial charge < -0.3 is 10.6 Å². The van der Waals surface area contributed by atoms with Gasteiger partial charge in [-0.25, -0.2) is 0 Å². The van der Waals surface area contributed by atoms with E-state index in [1.807, 2.05) is 12.1 Å². The van der Waals surface area contributed by atoms with Crippen LogP contribution in [-0.4, -0.2) is 25.5 Å². The van der Waals surface area contributed by atoms with Crippen LogP contribution in [0, 0.1) is 5.92 Å². The average Bonchev–Trinajstić information content (AvgIpc) is 2.87. The SMILES string of the molecule is Cl.O=C(NCC1CNC1)C1(c2cccc(Br)c2)CCCC1. The van der Waals surface area contributed by atoms with Gasteiger partial charge in [0, 0.05) is 30.0 Å². The zero-order valence-corrected chi connectivity index (χ0v) is 14.4. The molecule has 1 amide bonds. The number of carbonyl (C=O) groups is 1. The summed E-state index contributed by atoms with van der Waals surface area (Å²) in [5.41, 5.74) is 0.856. The second-order valence-corrected chi connectivity index (χ2v) is 6.95. The molecule has 1 aromatic rings. The molecular formula is C16H22BrClN2O. The van der Waals surface area contributed by atoms with Crippen LogP contribution < -0.4 is 10.6 Å². The molecule has 5 heteroatoms. The number of halogens is 2. The van der Waals surface area contributed by atoms with Gasteiger partial charge in [-0.3, -0.25) is 4.79 Å². The van der Waals surface area contributed by atoms with Crippen LogP contribution in [0.5, 0.6) is 0 Å². The van der Waals surface area contributed by atoms with Crippen molar-refractivity contribution in [3.05, 3.63) is 34.3 Å². The van der Waals surface area contributed by atoms with E-state index in [2.05, 4.69) is 38.7 Å². The van der Waals surface area contributed by atoms with E-state index < -0.39 is 0 Å². The van der Waals surface area contributed by atoms with Gasteiger partial charge in [0.2, 0.25) is 5.91 Å². The molecule has 1 aliphatic carbocycles. The maximum Gasteiger partial charge on any atom is 0.230 e. The average molecular weight is 374 g/mol. The maximum atomic E-state index is 12.8. The summed E-state index contributed by atoms with van der Waals surface area (Å²) in [7, 11) is 0. The molecule has 1 aromatic carbocycles. The molecule has 1 saturated heterocycles. The van der Waals surface area contributed by atoms with E-state index in [-0.39, 0.29) is 23.7 Å². The van der Waals surface area contributed by atoms with Gasteiger partial charge in [-0.1, -0.05) is 40.9 Å². The Bertz CT molecular complexity index is 499. The van der Waals surface area contributed by atoms with Crippen molar-refractivity contribution < 1.29 is 4.79 Å². The lowest BCUT2D eigenvalue weighted by molar-refractivity contribution is -0.126. The molecular weight excluding hydrogens is 352 g/mol. The van der Waals surface area contributed by atoms with E-state index in [4.69, 9.17) is 0 Å². The lowest BCUT2D eigenvalue weighted by atomic mass is 9.78. The van der Waals surface area contributed by atoms with Crippen molar-refractivity contribution in [1.82, 2.24) is 10.6 Å². The summed E-state index contributed by atoms with van der Waals surface area (Å²) < 4.78 is 1.05. The fourth-order valence-corrected chi connectivity index (χ4v) is 3.71. The van der Waals surface area contributed by atoms with Crippen molar-refractivity contribution in [2.75, 3.05) is 19.6 Å². The van der Waals surface area contributed by atoms with Gasteiger partial charge in [0.05, 0.1) is 5.41 Å². The summed E-state index contributed by atoms with van der Waals surface area (Å²) in [4.78, 5) is 12.8. The van der Waals surface area contributed by atoms with Gasteiger partial charge in [0.15, 0.2) is 0 Å². The summed E-state index contributed by atoms with van der Waals surface area (Å²) in [5, 5.41) is 6.44. The first kappa shape index (κ1) is 16.8. The molecule has 0 aromatic heterocycles. The maximum absolute atomic E-state index is 12.8. The van der Waals surface area contributed by atoms with Gasteiger partial charge in [-0.05, 0) is 30.5 Å². The van der Waals surface area contributed by atoms with Crippen molar-refractivity contribution in [2.24, 2.45) is 5.92 Å². The highest BCUT2D eigenvalue weighted by molar-refractivity contribution is 9.10. The highest BCUT2D eigenvalue weighted by Gasteiger charge is 2.42. The van der Waals surface area contributed by atoms with E-state index >= 15 is 0 Å². The number of nitrogens with one attached hydrogen (secondary N) is 2. The molecule has 2 N–H and O–H groups in total. The number of hydrogen-bond acceptors (Lipinski definition) is 2. The van der Waals surface area contributed by atoms with E-state index in [0.29, 0.717) is 5.92 Å². The van der Waals surface area contributed by atoms with E-state index in [1.54, 1.807) is 0 Å². The molecule has 0 radical (unpaired) electrons.